The lowest BCUT2D eigenvalue weighted by molar-refractivity contribution is 0.0963. The Hall–Kier alpha value is -1.06. The number of rotatable bonds is 6. The van der Waals surface area contributed by atoms with Crippen molar-refractivity contribution >= 4 is 0 Å². The van der Waals surface area contributed by atoms with E-state index < -0.39 is 0 Å². The molecule has 18 heavy (non-hydrogen) atoms. The van der Waals surface area contributed by atoms with E-state index in [1.54, 1.807) is 0 Å². The van der Waals surface area contributed by atoms with Crippen molar-refractivity contribution < 1.29 is 9.84 Å². The van der Waals surface area contributed by atoms with Gasteiger partial charge in [0.1, 0.15) is 11.4 Å². The Labute approximate surface area is 109 Å². The molecule has 2 rings (SSSR count). The van der Waals surface area contributed by atoms with Gasteiger partial charge in [-0.15, -0.1) is 0 Å². The zero-order valence-electron chi connectivity index (χ0n) is 11.3. The van der Waals surface area contributed by atoms with Crippen LogP contribution in [0.3, 0.4) is 0 Å². The number of ether oxygens (including phenoxy) is 1. The molecule has 1 atom stereocenters. The first kappa shape index (κ1) is 13.4. The second-order valence-electron chi connectivity index (χ2n) is 5.41. The van der Waals surface area contributed by atoms with Gasteiger partial charge in [-0.25, -0.2) is 0 Å². The van der Waals surface area contributed by atoms with Gasteiger partial charge in [-0.3, -0.25) is 0 Å². The maximum atomic E-state index is 8.75. The van der Waals surface area contributed by atoms with E-state index in [0.29, 0.717) is 6.61 Å². The SMILES string of the molecule is CC1(C)Oc2ccccc2C1NCCCCCO. The van der Waals surface area contributed by atoms with Crippen LogP contribution in [0.2, 0.25) is 0 Å². The maximum absolute atomic E-state index is 8.75. The lowest BCUT2D eigenvalue weighted by atomic mass is 9.94. The topological polar surface area (TPSA) is 41.5 Å². The fraction of sp³-hybridized carbons (Fsp3) is 0.600. The molecule has 1 heterocycles. The highest BCUT2D eigenvalue weighted by molar-refractivity contribution is 5.42. The molecule has 0 amide bonds. The van der Waals surface area contributed by atoms with Gasteiger partial charge >= 0.3 is 0 Å². The minimum absolute atomic E-state index is 0.194. The third kappa shape index (κ3) is 2.85. The Bertz CT molecular complexity index is 390. The van der Waals surface area contributed by atoms with Crippen molar-refractivity contribution in [2.75, 3.05) is 13.2 Å². The second-order valence-corrected chi connectivity index (χ2v) is 5.41. The van der Waals surface area contributed by atoms with E-state index in [2.05, 4.69) is 31.3 Å². The highest BCUT2D eigenvalue weighted by atomic mass is 16.5. The van der Waals surface area contributed by atoms with Crippen LogP contribution in [0.4, 0.5) is 0 Å². The number of nitrogens with one attached hydrogen (secondary N) is 1. The number of aliphatic hydroxyl groups is 1. The molecule has 1 aliphatic heterocycles. The van der Waals surface area contributed by atoms with E-state index >= 15 is 0 Å². The summed E-state index contributed by atoms with van der Waals surface area (Å²) >= 11 is 0. The number of fused-ring (bicyclic) bond motifs is 1. The molecule has 1 aromatic carbocycles. The maximum Gasteiger partial charge on any atom is 0.125 e. The molecule has 0 saturated carbocycles. The summed E-state index contributed by atoms with van der Waals surface area (Å²) in [5.74, 6) is 0.996. The minimum atomic E-state index is -0.194. The molecule has 0 saturated heterocycles. The molecule has 3 nitrogen and oxygen atoms in total. The first-order chi connectivity index (χ1) is 8.65. The molecule has 3 heteroatoms. The Morgan fingerprint density at radius 2 is 2.00 bits per heavy atom. The van der Waals surface area contributed by atoms with Gasteiger partial charge in [0.2, 0.25) is 0 Å². The predicted molar refractivity (Wildman–Crippen MR) is 72.8 cm³/mol. The van der Waals surface area contributed by atoms with Crippen molar-refractivity contribution in [2.45, 2.75) is 44.8 Å². The van der Waals surface area contributed by atoms with Crippen LogP contribution < -0.4 is 10.1 Å². The molecule has 1 aliphatic rings. The van der Waals surface area contributed by atoms with E-state index in [-0.39, 0.29) is 11.6 Å². The van der Waals surface area contributed by atoms with E-state index in [1.165, 1.54) is 5.56 Å². The van der Waals surface area contributed by atoms with Crippen LogP contribution in [0.15, 0.2) is 24.3 Å². The minimum Gasteiger partial charge on any atom is -0.486 e. The van der Waals surface area contributed by atoms with Crippen LogP contribution in [0.5, 0.6) is 5.75 Å². The second kappa shape index (κ2) is 5.72. The van der Waals surface area contributed by atoms with Crippen molar-refractivity contribution in [3.05, 3.63) is 29.8 Å². The molecule has 0 aromatic heterocycles. The first-order valence-corrected chi connectivity index (χ1v) is 6.77. The lowest BCUT2D eigenvalue weighted by Gasteiger charge is -2.27. The first-order valence-electron chi connectivity index (χ1n) is 6.77. The monoisotopic (exact) mass is 249 g/mol. The lowest BCUT2D eigenvalue weighted by Crippen LogP contribution is -2.39. The summed E-state index contributed by atoms with van der Waals surface area (Å²) in [5.41, 5.74) is 1.06. The normalized spacial score (nSPS) is 20.5. The summed E-state index contributed by atoms with van der Waals surface area (Å²) in [6.07, 6.45) is 3.05. The largest absolute Gasteiger partial charge is 0.486 e. The van der Waals surface area contributed by atoms with E-state index in [4.69, 9.17) is 9.84 Å². The third-order valence-electron chi connectivity index (χ3n) is 3.48. The van der Waals surface area contributed by atoms with Crippen LogP contribution in [0, 0.1) is 0 Å². The van der Waals surface area contributed by atoms with Gasteiger partial charge in [-0.05, 0) is 45.7 Å². The highest BCUT2D eigenvalue weighted by Crippen LogP contribution is 2.42. The van der Waals surface area contributed by atoms with Gasteiger partial charge in [0.25, 0.3) is 0 Å². The van der Waals surface area contributed by atoms with Crippen molar-refractivity contribution in [3.63, 3.8) is 0 Å². The Morgan fingerprint density at radius 3 is 2.78 bits per heavy atom. The van der Waals surface area contributed by atoms with Crippen LogP contribution >= 0.6 is 0 Å². The molecule has 0 fully saturated rings. The Kier molecular flexibility index (Phi) is 4.25. The number of benzene rings is 1. The summed E-state index contributed by atoms with van der Waals surface area (Å²) in [6, 6.07) is 8.49. The molecule has 0 spiro atoms. The molecule has 0 aliphatic carbocycles. The van der Waals surface area contributed by atoms with Gasteiger partial charge < -0.3 is 15.2 Å². The average Bonchev–Trinajstić information content (AvgIpc) is 2.60. The Morgan fingerprint density at radius 1 is 1.22 bits per heavy atom. The van der Waals surface area contributed by atoms with E-state index in [1.807, 2.05) is 12.1 Å². The van der Waals surface area contributed by atoms with Crippen molar-refractivity contribution in [3.8, 4) is 5.75 Å². The van der Waals surface area contributed by atoms with E-state index in [9.17, 15) is 0 Å². The molecule has 1 unspecified atom stereocenters. The zero-order chi connectivity index (χ0) is 13.0. The van der Waals surface area contributed by atoms with Crippen LogP contribution in [0.1, 0.15) is 44.7 Å². The smallest absolute Gasteiger partial charge is 0.125 e. The number of para-hydroxylation sites is 1. The van der Waals surface area contributed by atoms with Gasteiger partial charge in [-0.1, -0.05) is 18.2 Å². The molecule has 100 valence electrons. The summed E-state index contributed by atoms with van der Waals surface area (Å²) in [4.78, 5) is 0. The highest BCUT2D eigenvalue weighted by Gasteiger charge is 2.40. The molecule has 0 radical (unpaired) electrons. The van der Waals surface area contributed by atoms with Crippen molar-refractivity contribution in [1.29, 1.82) is 0 Å². The van der Waals surface area contributed by atoms with Crippen molar-refractivity contribution in [2.24, 2.45) is 0 Å². The molecular formula is C15H23NO2. The number of aliphatic hydroxyl groups excluding tert-OH is 1. The molecule has 2 N–H and O–H groups in total. The van der Waals surface area contributed by atoms with Crippen LogP contribution in [-0.2, 0) is 0 Å². The summed E-state index contributed by atoms with van der Waals surface area (Å²) < 4.78 is 5.98. The van der Waals surface area contributed by atoms with Gasteiger partial charge in [-0.2, -0.15) is 0 Å². The fourth-order valence-corrected chi connectivity index (χ4v) is 2.54. The molecular weight excluding hydrogens is 226 g/mol. The average molecular weight is 249 g/mol. The summed E-state index contributed by atoms with van der Waals surface area (Å²) in [6.45, 7) is 5.50. The number of unbranched alkanes of at least 4 members (excludes halogenated alkanes) is 2. The number of hydrogen-bond donors (Lipinski definition) is 2. The van der Waals surface area contributed by atoms with Crippen LogP contribution in [0.25, 0.3) is 0 Å². The van der Waals surface area contributed by atoms with E-state index in [0.717, 1.165) is 31.6 Å². The summed E-state index contributed by atoms with van der Waals surface area (Å²) in [7, 11) is 0. The molecule has 0 bridgehead atoms. The third-order valence-corrected chi connectivity index (χ3v) is 3.48. The van der Waals surface area contributed by atoms with Crippen LogP contribution in [-0.4, -0.2) is 23.9 Å². The standard InChI is InChI=1S/C15H23NO2/c1-15(2)14(16-10-6-3-7-11-17)12-8-4-5-9-13(12)18-15/h4-5,8-9,14,16-17H,3,6-7,10-11H2,1-2H3. The molecule has 1 aromatic rings. The quantitative estimate of drug-likeness (QED) is 0.762. The number of hydrogen-bond acceptors (Lipinski definition) is 3. The van der Waals surface area contributed by atoms with Crippen molar-refractivity contribution in [1.82, 2.24) is 5.32 Å². The van der Waals surface area contributed by atoms with Gasteiger partial charge in [0.15, 0.2) is 0 Å². The predicted octanol–water partition coefficient (Wildman–Crippen LogP) is 2.65. The van der Waals surface area contributed by atoms with Gasteiger partial charge in [0, 0.05) is 12.2 Å². The fourth-order valence-electron chi connectivity index (χ4n) is 2.54. The van der Waals surface area contributed by atoms with Gasteiger partial charge in [0.05, 0.1) is 6.04 Å². The Balaban J connectivity index is 1.94. The summed E-state index contributed by atoms with van der Waals surface area (Å²) in [5, 5.41) is 12.3. The zero-order valence-corrected chi connectivity index (χ0v) is 11.3.